The highest BCUT2D eigenvalue weighted by Crippen LogP contribution is 2.44. The van der Waals surface area contributed by atoms with E-state index >= 15 is 0 Å². The summed E-state index contributed by atoms with van der Waals surface area (Å²) in [4.78, 5) is 71.5. The van der Waals surface area contributed by atoms with Crippen molar-refractivity contribution < 1.29 is 43.3 Å². The second-order valence-corrected chi connectivity index (χ2v) is 10.8. The van der Waals surface area contributed by atoms with E-state index in [2.05, 4.69) is 4.98 Å². The number of primary amides is 1. The zero-order valence-electron chi connectivity index (χ0n) is 24.1. The fourth-order valence-corrected chi connectivity index (χ4v) is 5.48. The Kier molecular flexibility index (Phi) is 9.95. The molecule has 1 aliphatic carbocycles. The van der Waals surface area contributed by atoms with Gasteiger partial charge >= 0.3 is 18.0 Å². The number of hydrogen-bond acceptors (Lipinski definition) is 9. The SMILES string of the molecule is CCOC(=O)N1CCN(C(=O)C(CCC(=O)O)c2nc3cc(Cl)ccc3c(OC3(C(=O)OCC)CCC3)c2C(N)=O)CC1. The first-order valence-corrected chi connectivity index (χ1v) is 14.6. The van der Waals surface area contributed by atoms with E-state index in [-0.39, 0.29) is 68.3 Å². The standard InChI is InChI=1S/C29H35ClN4O9/c1-3-41-27(39)29(10-5-11-29)43-24-18-7-6-17(30)16-20(18)32-23(22(24)25(31)37)19(8-9-21(35)36)26(38)33-12-14-34(15-13-33)28(40)42-4-2/h6-7,16,19H,3-5,8-15H2,1-2H3,(H2,31,37)(H,35,36). The maximum atomic E-state index is 14.0. The summed E-state index contributed by atoms with van der Waals surface area (Å²) >= 11 is 6.28. The van der Waals surface area contributed by atoms with E-state index in [1.165, 1.54) is 15.9 Å². The van der Waals surface area contributed by atoms with Gasteiger partial charge in [0.25, 0.3) is 5.91 Å². The monoisotopic (exact) mass is 618 g/mol. The summed E-state index contributed by atoms with van der Waals surface area (Å²) in [5, 5.41) is 10.2. The molecule has 1 aromatic carbocycles. The van der Waals surface area contributed by atoms with E-state index in [1.807, 2.05) is 0 Å². The van der Waals surface area contributed by atoms with Crippen LogP contribution >= 0.6 is 11.6 Å². The summed E-state index contributed by atoms with van der Waals surface area (Å²) in [5.41, 5.74) is 4.50. The Labute approximate surface area is 253 Å². The number of rotatable bonds is 11. The Hall–Kier alpha value is -4.13. The van der Waals surface area contributed by atoms with Crippen molar-refractivity contribution in [2.24, 2.45) is 5.73 Å². The van der Waals surface area contributed by atoms with E-state index in [0.29, 0.717) is 29.7 Å². The molecule has 1 atom stereocenters. The van der Waals surface area contributed by atoms with Crippen LogP contribution in [0.5, 0.6) is 5.75 Å². The van der Waals surface area contributed by atoms with Crippen molar-refractivity contribution in [3.8, 4) is 5.75 Å². The molecule has 4 rings (SSSR count). The van der Waals surface area contributed by atoms with Crippen LogP contribution in [0.2, 0.25) is 5.02 Å². The number of piperazine rings is 1. The molecule has 13 nitrogen and oxygen atoms in total. The Morgan fingerprint density at radius 1 is 1.05 bits per heavy atom. The molecule has 0 bridgehead atoms. The zero-order chi connectivity index (χ0) is 31.3. The van der Waals surface area contributed by atoms with Crippen LogP contribution in [0.3, 0.4) is 0 Å². The molecule has 2 fully saturated rings. The lowest BCUT2D eigenvalue weighted by atomic mass is 9.79. The van der Waals surface area contributed by atoms with Gasteiger partial charge in [-0.25, -0.2) is 9.59 Å². The number of ether oxygens (including phenoxy) is 3. The Morgan fingerprint density at radius 2 is 1.70 bits per heavy atom. The van der Waals surface area contributed by atoms with Gasteiger partial charge in [-0.1, -0.05) is 11.6 Å². The number of aromatic nitrogens is 1. The van der Waals surface area contributed by atoms with Gasteiger partial charge in [-0.05, 0) is 57.7 Å². The maximum Gasteiger partial charge on any atom is 0.409 e. The molecule has 2 aromatic rings. The molecule has 1 saturated carbocycles. The van der Waals surface area contributed by atoms with Gasteiger partial charge in [-0.3, -0.25) is 19.4 Å². The Balaban J connectivity index is 1.82. The number of esters is 1. The second-order valence-electron chi connectivity index (χ2n) is 10.4. The van der Waals surface area contributed by atoms with Gasteiger partial charge in [-0.15, -0.1) is 0 Å². The van der Waals surface area contributed by atoms with Crippen LogP contribution in [-0.4, -0.2) is 94.7 Å². The lowest BCUT2D eigenvalue weighted by molar-refractivity contribution is -0.169. The summed E-state index contributed by atoms with van der Waals surface area (Å²) in [5.74, 6) is -4.45. The van der Waals surface area contributed by atoms with Crippen molar-refractivity contribution in [2.45, 2.75) is 57.5 Å². The fraction of sp³-hybridized carbons (Fsp3) is 0.517. The third-order valence-electron chi connectivity index (χ3n) is 7.67. The van der Waals surface area contributed by atoms with E-state index in [1.54, 1.807) is 26.0 Å². The van der Waals surface area contributed by atoms with Crippen LogP contribution in [0.15, 0.2) is 18.2 Å². The average Bonchev–Trinajstić information content (AvgIpc) is 2.94. The van der Waals surface area contributed by atoms with Crippen LogP contribution in [0.1, 0.15) is 67.9 Å². The number of carbonyl (C=O) groups is 5. The number of carbonyl (C=O) groups excluding carboxylic acids is 4. The van der Waals surface area contributed by atoms with Crippen molar-refractivity contribution in [3.63, 3.8) is 0 Å². The molecule has 1 unspecified atom stereocenters. The first-order valence-electron chi connectivity index (χ1n) is 14.2. The molecule has 2 heterocycles. The number of halogens is 1. The predicted molar refractivity (Wildman–Crippen MR) is 154 cm³/mol. The molecule has 2 aliphatic rings. The van der Waals surface area contributed by atoms with Gasteiger partial charge in [0.1, 0.15) is 11.3 Å². The van der Waals surface area contributed by atoms with Gasteiger partial charge in [0.2, 0.25) is 11.5 Å². The fourth-order valence-electron chi connectivity index (χ4n) is 5.32. The molecular weight excluding hydrogens is 584 g/mol. The van der Waals surface area contributed by atoms with Crippen LogP contribution in [0, 0.1) is 0 Å². The number of nitrogens with two attached hydrogens (primary N) is 1. The summed E-state index contributed by atoms with van der Waals surface area (Å²) in [7, 11) is 0. The van der Waals surface area contributed by atoms with Crippen LogP contribution in [0.25, 0.3) is 10.9 Å². The lowest BCUT2D eigenvalue weighted by Crippen LogP contribution is -2.52. The number of amides is 3. The maximum absolute atomic E-state index is 14.0. The zero-order valence-corrected chi connectivity index (χ0v) is 24.9. The summed E-state index contributed by atoms with van der Waals surface area (Å²) < 4.78 is 16.7. The van der Waals surface area contributed by atoms with Crippen molar-refractivity contribution >= 4 is 52.4 Å². The molecule has 1 aliphatic heterocycles. The number of benzene rings is 1. The third kappa shape index (κ3) is 6.76. The predicted octanol–water partition coefficient (Wildman–Crippen LogP) is 3.10. The number of carboxylic acids is 1. The minimum atomic E-state index is -1.37. The smallest absolute Gasteiger partial charge is 0.409 e. The molecule has 1 aromatic heterocycles. The van der Waals surface area contributed by atoms with Gasteiger partial charge in [0.15, 0.2) is 0 Å². The number of carboxylic acid groups (broad SMARTS) is 1. The summed E-state index contributed by atoms with van der Waals surface area (Å²) in [6, 6.07) is 4.67. The highest BCUT2D eigenvalue weighted by Gasteiger charge is 2.49. The van der Waals surface area contributed by atoms with Gasteiger partial charge in [0.05, 0.1) is 30.3 Å². The topological polar surface area (TPSA) is 179 Å². The lowest BCUT2D eigenvalue weighted by Gasteiger charge is -2.40. The quantitative estimate of drug-likeness (QED) is 0.355. The molecule has 1 saturated heterocycles. The van der Waals surface area contributed by atoms with Crippen molar-refractivity contribution in [1.29, 1.82) is 0 Å². The third-order valence-corrected chi connectivity index (χ3v) is 7.91. The highest BCUT2D eigenvalue weighted by atomic mass is 35.5. The van der Waals surface area contributed by atoms with E-state index in [9.17, 15) is 29.1 Å². The molecule has 3 amide bonds. The van der Waals surface area contributed by atoms with Crippen molar-refractivity contribution in [1.82, 2.24) is 14.8 Å². The van der Waals surface area contributed by atoms with Crippen LogP contribution < -0.4 is 10.5 Å². The Bertz CT molecular complexity index is 1420. The second kappa shape index (κ2) is 13.4. The average molecular weight is 619 g/mol. The minimum Gasteiger partial charge on any atom is -0.481 e. The van der Waals surface area contributed by atoms with E-state index in [4.69, 9.17) is 31.5 Å². The summed E-state index contributed by atoms with van der Waals surface area (Å²) in [6.45, 7) is 4.43. The van der Waals surface area contributed by atoms with Crippen molar-refractivity contribution in [3.05, 3.63) is 34.5 Å². The highest BCUT2D eigenvalue weighted by molar-refractivity contribution is 6.31. The number of pyridine rings is 1. The number of aliphatic carboxylic acids is 1. The molecule has 0 radical (unpaired) electrons. The minimum absolute atomic E-state index is 0.0443. The Morgan fingerprint density at radius 3 is 2.26 bits per heavy atom. The van der Waals surface area contributed by atoms with Gasteiger partial charge in [-0.2, -0.15) is 0 Å². The first kappa shape index (κ1) is 31.8. The van der Waals surface area contributed by atoms with Gasteiger partial charge < -0.3 is 34.9 Å². The molecule has 43 heavy (non-hydrogen) atoms. The molecule has 14 heteroatoms. The molecule has 232 valence electrons. The molecule has 3 N–H and O–H groups in total. The van der Waals surface area contributed by atoms with Gasteiger partial charge in [0, 0.05) is 43.0 Å². The number of nitrogens with zero attached hydrogens (tertiary/aromatic N) is 3. The van der Waals surface area contributed by atoms with Crippen LogP contribution in [0.4, 0.5) is 4.79 Å². The van der Waals surface area contributed by atoms with Crippen LogP contribution in [-0.2, 0) is 23.9 Å². The largest absolute Gasteiger partial charge is 0.481 e. The normalized spacial score (nSPS) is 16.6. The summed E-state index contributed by atoms with van der Waals surface area (Å²) in [6.07, 6.45) is 0.258. The number of hydrogen-bond donors (Lipinski definition) is 2. The number of fused-ring (bicyclic) bond motifs is 1. The van der Waals surface area contributed by atoms with Crippen molar-refractivity contribution in [2.75, 3.05) is 39.4 Å². The van der Waals surface area contributed by atoms with E-state index < -0.39 is 47.8 Å². The first-order chi connectivity index (χ1) is 20.5. The molecule has 0 spiro atoms. The van der Waals surface area contributed by atoms with E-state index in [0.717, 1.165) is 0 Å². The molecular formula is C29H35ClN4O9.